The molecule has 3 aromatic rings. The lowest BCUT2D eigenvalue weighted by atomic mass is 10.1. The standard InChI is InChI=1S/C20H17Cl2NO3/c21-15-8-9-17(22)19(12-15)26-13-20(24)23-10-11-25-18-7-3-5-14-4-1-2-6-16(14)18/h1-9,12H,10-11,13H2,(H,23,24). The summed E-state index contributed by atoms with van der Waals surface area (Å²) in [5, 5.41) is 5.79. The third-order valence-electron chi connectivity index (χ3n) is 3.68. The maximum Gasteiger partial charge on any atom is 0.258 e. The molecule has 0 fully saturated rings. The number of fused-ring (bicyclic) bond motifs is 1. The Morgan fingerprint density at radius 1 is 0.923 bits per heavy atom. The predicted octanol–water partition coefficient (Wildman–Crippen LogP) is 4.72. The van der Waals surface area contributed by atoms with Crippen molar-refractivity contribution in [3.05, 3.63) is 70.7 Å². The Hall–Kier alpha value is -2.43. The molecule has 1 N–H and O–H groups in total. The number of rotatable bonds is 7. The lowest BCUT2D eigenvalue weighted by molar-refractivity contribution is -0.123. The van der Waals surface area contributed by atoms with Gasteiger partial charge in [0.25, 0.3) is 5.91 Å². The third kappa shape index (κ3) is 4.81. The van der Waals surface area contributed by atoms with Crippen LogP contribution in [0, 0.1) is 0 Å². The van der Waals surface area contributed by atoms with Gasteiger partial charge in [-0.25, -0.2) is 0 Å². The number of amides is 1. The van der Waals surface area contributed by atoms with Gasteiger partial charge in [-0.2, -0.15) is 0 Å². The van der Waals surface area contributed by atoms with Gasteiger partial charge in [0.15, 0.2) is 6.61 Å². The molecule has 0 aliphatic carbocycles. The molecule has 6 heteroatoms. The van der Waals surface area contributed by atoms with Crippen LogP contribution >= 0.6 is 23.2 Å². The van der Waals surface area contributed by atoms with Crippen LogP contribution < -0.4 is 14.8 Å². The topological polar surface area (TPSA) is 47.6 Å². The summed E-state index contributed by atoms with van der Waals surface area (Å²) < 4.78 is 11.2. The summed E-state index contributed by atoms with van der Waals surface area (Å²) in [5.74, 6) is 0.906. The van der Waals surface area contributed by atoms with Crippen LogP contribution in [-0.2, 0) is 4.79 Å². The first kappa shape index (κ1) is 18.4. The largest absolute Gasteiger partial charge is 0.491 e. The van der Waals surface area contributed by atoms with Gasteiger partial charge in [0, 0.05) is 16.5 Å². The SMILES string of the molecule is O=C(COc1cc(Cl)ccc1Cl)NCCOc1cccc2ccccc12. The first-order valence-corrected chi connectivity index (χ1v) is 8.84. The molecule has 3 aromatic carbocycles. The second-order valence-electron chi connectivity index (χ2n) is 5.54. The number of hydrogen-bond donors (Lipinski definition) is 1. The van der Waals surface area contributed by atoms with Gasteiger partial charge < -0.3 is 14.8 Å². The molecule has 4 nitrogen and oxygen atoms in total. The summed E-state index contributed by atoms with van der Waals surface area (Å²) in [7, 11) is 0. The minimum absolute atomic E-state index is 0.145. The zero-order valence-electron chi connectivity index (χ0n) is 13.9. The first-order valence-electron chi connectivity index (χ1n) is 8.08. The van der Waals surface area contributed by atoms with Gasteiger partial charge in [-0.05, 0) is 23.6 Å². The summed E-state index contributed by atoms with van der Waals surface area (Å²) in [5.41, 5.74) is 0. The Morgan fingerprint density at radius 3 is 2.62 bits per heavy atom. The first-order chi connectivity index (χ1) is 12.6. The summed E-state index contributed by atoms with van der Waals surface area (Å²) in [6.07, 6.45) is 0. The molecule has 26 heavy (non-hydrogen) atoms. The van der Waals surface area contributed by atoms with E-state index in [2.05, 4.69) is 5.32 Å². The predicted molar refractivity (Wildman–Crippen MR) is 104 cm³/mol. The quantitative estimate of drug-likeness (QED) is 0.594. The van der Waals surface area contributed by atoms with Crippen LogP contribution in [0.1, 0.15) is 0 Å². The lowest BCUT2D eigenvalue weighted by Crippen LogP contribution is -2.32. The van der Waals surface area contributed by atoms with Crippen molar-refractivity contribution in [2.75, 3.05) is 19.8 Å². The van der Waals surface area contributed by atoms with Crippen molar-refractivity contribution >= 4 is 39.9 Å². The fraction of sp³-hybridized carbons (Fsp3) is 0.150. The lowest BCUT2D eigenvalue weighted by Gasteiger charge is -2.11. The van der Waals surface area contributed by atoms with E-state index < -0.39 is 0 Å². The summed E-state index contributed by atoms with van der Waals surface area (Å²) in [6.45, 7) is 0.584. The molecule has 0 bridgehead atoms. The Morgan fingerprint density at radius 2 is 1.73 bits per heavy atom. The van der Waals surface area contributed by atoms with Crippen LogP contribution in [0.5, 0.6) is 11.5 Å². The molecule has 0 saturated carbocycles. The monoisotopic (exact) mass is 389 g/mol. The van der Waals surface area contributed by atoms with Crippen molar-refractivity contribution < 1.29 is 14.3 Å². The van der Waals surface area contributed by atoms with Gasteiger partial charge in [0.05, 0.1) is 11.6 Å². The number of ether oxygens (including phenoxy) is 2. The van der Waals surface area contributed by atoms with E-state index in [1.165, 1.54) is 0 Å². The molecule has 0 aliphatic rings. The zero-order chi connectivity index (χ0) is 18.4. The van der Waals surface area contributed by atoms with Crippen molar-refractivity contribution in [3.8, 4) is 11.5 Å². The van der Waals surface area contributed by atoms with Gasteiger partial charge in [-0.1, -0.05) is 59.6 Å². The highest BCUT2D eigenvalue weighted by Crippen LogP contribution is 2.27. The number of carbonyl (C=O) groups is 1. The van der Waals surface area contributed by atoms with E-state index in [4.69, 9.17) is 32.7 Å². The summed E-state index contributed by atoms with van der Waals surface area (Å²) in [6, 6.07) is 18.7. The second kappa shape index (κ2) is 8.79. The highest BCUT2D eigenvalue weighted by molar-refractivity contribution is 6.34. The molecule has 0 unspecified atom stereocenters. The fourth-order valence-electron chi connectivity index (χ4n) is 2.46. The molecule has 3 rings (SSSR count). The van der Waals surface area contributed by atoms with E-state index in [9.17, 15) is 4.79 Å². The highest BCUT2D eigenvalue weighted by Gasteiger charge is 2.07. The minimum Gasteiger partial charge on any atom is -0.491 e. The molecule has 0 radical (unpaired) electrons. The van der Waals surface area contributed by atoms with Gasteiger partial charge in [0.2, 0.25) is 0 Å². The Balaban J connectivity index is 1.44. The fourth-order valence-corrected chi connectivity index (χ4v) is 2.79. The van der Waals surface area contributed by atoms with E-state index in [0.29, 0.717) is 28.9 Å². The molecule has 0 spiro atoms. The van der Waals surface area contributed by atoms with E-state index >= 15 is 0 Å². The number of nitrogens with one attached hydrogen (secondary N) is 1. The minimum atomic E-state index is -0.262. The number of benzene rings is 3. The molecule has 0 saturated heterocycles. The average molecular weight is 390 g/mol. The van der Waals surface area contributed by atoms with Gasteiger partial charge in [-0.15, -0.1) is 0 Å². The van der Waals surface area contributed by atoms with Gasteiger partial charge >= 0.3 is 0 Å². The maximum atomic E-state index is 11.9. The van der Waals surface area contributed by atoms with Crippen molar-refractivity contribution in [1.82, 2.24) is 5.32 Å². The Kier molecular flexibility index (Phi) is 6.21. The van der Waals surface area contributed by atoms with Crippen LogP contribution in [0.4, 0.5) is 0 Å². The molecule has 0 aromatic heterocycles. The third-order valence-corrected chi connectivity index (χ3v) is 4.23. The summed E-state index contributed by atoms with van der Waals surface area (Å²) >= 11 is 11.9. The van der Waals surface area contributed by atoms with Gasteiger partial charge in [0.1, 0.15) is 18.1 Å². The van der Waals surface area contributed by atoms with Crippen molar-refractivity contribution in [3.63, 3.8) is 0 Å². The summed E-state index contributed by atoms with van der Waals surface area (Å²) in [4.78, 5) is 11.9. The van der Waals surface area contributed by atoms with E-state index in [1.54, 1.807) is 18.2 Å². The normalized spacial score (nSPS) is 10.5. The maximum absolute atomic E-state index is 11.9. The molecule has 0 heterocycles. The van der Waals surface area contributed by atoms with Crippen LogP contribution in [0.2, 0.25) is 10.0 Å². The molecular formula is C20H17Cl2NO3. The van der Waals surface area contributed by atoms with Crippen molar-refractivity contribution in [1.29, 1.82) is 0 Å². The molecule has 0 aliphatic heterocycles. The molecule has 134 valence electrons. The Labute approximate surface area is 161 Å². The van der Waals surface area contributed by atoms with E-state index in [-0.39, 0.29) is 12.5 Å². The smallest absolute Gasteiger partial charge is 0.258 e. The van der Waals surface area contributed by atoms with Gasteiger partial charge in [-0.3, -0.25) is 4.79 Å². The Bertz CT molecular complexity index is 909. The zero-order valence-corrected chi connectivity index (χ0v) is 15.4. The van der Waals surface area contributed by atoms with Crippen molar-refractivity contribution in [2.24, 2.45) is 0 Å². The number of halogens is 2. The highest BCUT2D eigenvalue weighted by atomic mass is 35.5. The second-order valence-corrected chi connectivity index (χ2v) is 6.38. The van der Waals surface area contributed by atoms with E-state index in [0.717, 1.165) is 16.5 Å². The molecule has 0 atom stereocenters. The van der Waals surface area contributed by atoms with Crippen LogP contribution in [0.3, 0.4) is 0 Å². The molecule has 1 amide bonds. The van der Waals surface area contributed by atoms with Crippen LogP contribution in [0.15, 0.2) is 60.7 Å². The van der Waals surface area contributed by atoms with E-state index in [1.807, 2.05) is 42.5 Å². The number of hydrogen-bond acceptors (Lipinski definition) is 3. The average Bonchev–Trinajstić information content (AvgIpc) is 2.66. The van der Waals surface area contributed by atoms with Crippen molar-refractivity contribution in [2.45, 2.75) is 0 Å². The molecular weight excluding hydrogens is 373 g/mol. The number of carbonyl (C=O) groups excluding carboxylic acids is 1. The van der Waals surface area contributed by atoms with Crippen LogP contribution in [0.25, 0.3) is 10.8 Å². The van der Waals surface area contributed by atoms with Crippen LogP contribution in [-0.4, -0.2) is 25.7 Å².